The number of carbonyl (C=O) groups is 1. The van der Waals surface area contributed by atoms with Crippen LogP contribution in [0, 0.1) is 13.8 Å². The van der Waals surface area contributed by atoms with E-state index >= 15 is 0 Å². The second kappa shape index (κ2) is 7.55. The lowest BCUT2D eigenvalue weighted by Crippen LogP contribution is -2.37. The lowest BCUT2D eigenvalue weighted by Gasteiger charge is -2.19. The van der Waals surface area contributed by atoms with Crippen LogP contribution in [0.1, 0.15) is 16.8 Å². The SMILES string of the molecule is Cc1cc(C)cc(NC(=O)CN(Cc2ccccn2)S(C)(=O)=O)c1. The van der Waals surface area contributed by atoms with Crippen molar-refractivity contribution in [2.45, 2.75) is 20.4 Å². The smallest absolute Gasteiger partial charge is 0.239 e. The molecule has 7 heteroatoms. The summed E-state index contributed by atoms with van der Waals surface area (Å²) in [7, 11) is -3.53. The molecule has 6 nitrogen and oxygen atoms in total. The van der Waals surface area contributed by atoms with Crippen LogP contribution < -0.4 is 5.32 Å². The third-order valence-corrected chi connectivity index (χ3v) is 4.56. The summed E-state index contributed by atoms with van der Waals surface area (Å²) in [5.41, 5.74) is 3.29. The van der Waals surface area contributed by atoms with E-state index < -0.39 is 10.0 Å². The molecule has 128 valence electrons. The van der Waals surface area contributed by atoms with E-state index in [1.807, 2.05) is 32.0 Å². The monoisotopic (exact) mass is 347 g/mol. The Morgan fingerprint density at radius 1 is 1.17 bits per heavy atom. The van der Waals surface area contributed by atoms with Crippen LogP contribution in [0.5, 0.6) is 0 Å². The van der Waals surface area contributed by atoms with Gasteiger partial charge in [0.15, 0.2) is 0 Å². The molecule has 0 saturated heterocycles. The number of sulfonamides is 1. The van der Waals surface area contributed by atoms with Crippen LogP contribution >= 0.6 is 0 Å². The number of amides is 1. The maximum atomic E-state index is 12.2. The highest BCUT2D eigenvalue weighted by Crippen LogP contribution is 2.14. The topological polar surface area (TPSA) is 79.4 Å². The molecule has 0 bridgehead atoms. The summed E-state index contributed by atoms with van der Waals surface area (Å²) in [5, 5.41) is 2.75. The first kappa shape index (κ1) is 18.1. The average molecular weight is 347 g/mol. The predicted molar refractivity (Wildman–Crippen MR) is 94.0 cm³/mol. The van der Waals surface area contributed by atoms with Gasteiger partial charge in [-0.25, -0.2) is 8.42 Å². The van der Waals surface area contributed by atoms with E-state index in [0.29, 0.717) is 11.4 Å². The molecule has 1 amide bonds. The summed E-state index contributed by atoms with van der Waals surface area (Å²) in [4.78, 5) is 16.4. The Balaban J connectivity index is 2.10. The van der Waals surface area contributed by atoms with Gasteiger partial charge >= 0.3 is 0 Å². The van der Waals surface area contributed by atoms with Gasteiger partial charge in [-0.1, -0.05) is 12.1 Å². The standard InChI is InChI=1S/C17H21N3O3S/c1-13-8-14(2)10-16(9-13)19-17(21)12-20(24(3,22)23)11-15-6-4-5-7-18-15/h4-10H,11-12H2,1-3H3,(H,19,21). The number of nitrogens with one attached hydrogen (secondary N) is 1. The van der Waals surface area contributed by atoms with E-state index in [9.17, 15) is 13.2 Å². The lowest BCUT2D eigenvalue weighted by molar-refractivity contribution is -0.116. The molecule has 0 fully saturated rings. The molecule has 0 aliphatic carbocycles. The zero-order valence-electron chi connectivity index (χ0n) is 14.0. The minimum Gasteiger partial charge on any atom is -0.325 e. The van der Waals surface area contributed by atoms with Crippen LogP contribution in [-0.2, 0) is 21.4 Å². The van der Waals surface area contributed by atoms with Crippen LogP contribution in [-0.4, -0.2) is 36.4 Å². The number of hydrogen-bond donors (Lipinski definition) is 1. The maximum Gasteiger partial charge on any atom is 0.239 e. The molecule has 0 atom stereocenters. The van der Waals surface area contributed by atoms with Crippen molar-refractivity contribution in [2.75, 3.05) is 18.1 Å². The molecule has 0 aliphatic heterocycles. The third-order valence-electron chi connectivity index (χ3n) is 3.36. The number of carbonyl (C=O) groups excluding carboxylic acids is 1. The molecule has 0 radical (unpaired) electrons. The summed E-state index contributed by atoms with van der Waals surface area (Å²) in [6, 6.07) is 10.9. The van der Waals surface area contributed by atoms with Crippen molar-refractivity contribution >= 4 is 21.6 Å². The van der Waals surface area contributed by atoms with Gasteiger partial charge in [0.05, 0.1) is 25.0 Å². The molecule has 0 unspecified atom stereocenters. The Labute approximate surface area is 142 Å². The van der Waals surface area contributed by atoms with Gasteiger partial charge in [0.1, 0.15) is 0 Å². The number of aryl methyl sites for hydroxylation is 2. The first-order chi connectivity index (χ1) is 11.2. The molecular weight excluding hydrogens is 326 g/mol. The van der Waals surface area contributed by atoms with E-state index in [1.165, 1.54) is 0 Å². The van der Waals surface area contributed by atoms with Crippen LogP contribution in [0.25, 0.3) is 0 Å². The predicted octanol–water partition coefficient (Wildman–Crippen LogP) is 2.10. The second-order valence-corrected chi connectivity index (χ2v) is 7.76. The zero-order chi connectivity index (χ0) is 17.7. The molecule has 1 aromatic carbocycles. The Morgan fingerprint density at radius 2 is 1.83 bits per heavy atom. The quantitative estimate of drug-likeness (QED) is 0.868. The van der Waals surface area contributed by atoms with E-state index in [0.717, 1.165) is 21.7 Å². The average Bonchev–Trinajstić information content (AvgIpc) is 2.45. The van der Waals surface area contributed by atoms with Crippen LogP contribution in [0.2, 0.25) is 0 Å². The number of anilines is 1. The van der Waals surface area contributed by atoms with Crippen LogP contribution in [0.4, 0.5) is 5.69 Å². The highest BCUT2D eigenvalue weighted by atomic mass is 32.2. The minimum atomic E-state index is -3.53. The largest absolute Gasteiger partial charge is 0.325 e. The van der Waals surface area contributed by atoms with E-state index in [4.69, 9.17) is 0 Å². The molecule has 1 aromatic heterocycles. The Kier molecular flexibility index (Phi) is 5.69. The van der Waals surface area contributed by atoms with E-state index in [2.05, 4.69) is 10.3 Å². The van der Waals surface area contributed by atoms with Crippen molar-refractivity contribution in [3.8, 4) is 0 Å². The fourth-order valence-corrected chi connectivity index (χ4v) is 3.09. The number of aromatic nitrogens is 1. The number of benzene rings is 1. The van der Waals surface area contributed by atoms with Crippen molar-refractivity contribution in [3.05, 3.63) is 59.4 Å². The van der Waals surface area contributed by atoms with E-state index in [1.54, 1.807) is 24.4 Å². The maximum absolute atomic E-state index is 12.2. The lowest BCUT2D eigenvalue weighted by atomic mass is 10.1. The Hall–Kier alpha value is -2.25. The fraction of sp³-hybridized carbons (Fsp3) is 0.294. The molecule has 0 saturated carbocycles. The van der Waals surface area contributed by atoms with Crippen LogP contribution in [0.15, 0.2) is 42.6 Å². The van der Waals surface area contributed by atoms with Gasteiger partial charge in [0, 0.05) is 11.9 Å². The van der Waals surface area contributed by atoms with Crippen LogP contribution in [0.3, 0.4) is 0 Å². The van der Waals surface area contributed by atoms with Gasteiger partial charge in [-0.15, -0.1) is 0 Å². The molecule has 2 aromatic rings. The summed E-state index contributed by atoms with van der Waals surface area (Å²) < 4.78 is 25.0. The van der Waals surface area contributed by atoms with Crippen molar-refractivity contribution in [1.82, 2.24) is 9.29 Å². The molecule has 2 rings (SSSR count). The summed E-state index contributed by atoms with van der Waals surface area (Å²) in [6.45, 7) is 3.67. The molecule has 1 N–H and O–H groups in total. The number of pyridine rings is 1. The minimum absolute atomic E-state index is 0.0555. The summed E-state index contributed by atoms with van der Waals surface area (Å²) in [5.74, 6) is -0.388. The van der Waals surface area contributed by atoms with Crippen molar-refractivity contribution in [2.24, 2.45) is 0 Å². The van der Waals surface area contributed by atoms with Gasteiger partial charge in [-0.3, -0.25) is 9.78 Å². The van der Waals surface area contributed by atoms with Gasteiger partial charge in [0.25, 0.3) is 0 Å². The third kappa shape index (κ3) is 5.43. The summed E-state index contributed by atoms with van der Waals surface area (Å²) >= 11 is 0. The highest BCUT2D eigenvalue weighted by Gasteiger charge is 2.21. The molecule has 0 aliphatic rings. The first-order valence-electron chi connectivity index (χ1n) is 7.47. The van der Waals surface area contributed by atoms with Crippen molar-refractivity contribution < 1.29 is 13.2 Å². The zero-order valence-corrected chi connectivity index (χ0v) is 14.8. The van der Waals surface area contributed by atoms with Gasteiger partial charge in [0.2, 0.25) is 15.9 Å². The number of nitrogens with zero attached hydrogens (tertiary/aromatic N) is 2. The molecule has 24 heavy (non-hydrogen) atoms. The Bertz CT molecular complexity index is 800. The molecule has 1 heterocycles. The fourth-order valence-electron chi connectivity index (χ4n) is 2.37. The van der Waals surface area contributed by atoms with Gasteiger partial charge in [-0.05, 0) is 49.2 Å². The molecule has 0 spiro atoms. The highest BCUT2D eigenvalue weighted by molar-refractivity contribution is 7.88. The second-order valence-electron chi connectivity index (χ2n) is 5.78. The van der Waals surface area contributed by atoms with Gasteiger partial charge < -0.3 is 5.32 Å². The first-order valence-corrected chi connectivity index (χ1v) is 9.32. The Morgan fingerprint density at radius 3 is 2.38 bits per heavy atom. The van der Waals surface area contributed by atoms with Crippen molar-refractivity contribution in [1.29, 1.82) is 0 Å². The number of hydrogen-bond acceptors (Lipinski definition) is 4. The molecular formula is C17H21N3O3S. The summed E-state index contributed by atoms with van der Waals surface area (Å²) in [6.07, 6.45) is 2.67. The normalized spacial score (nSPS) is 11.5. The van der Waals surface area contributed by atoms with Gasteiger partial charge in [-0.2, -0.15) is 4.31 Å². The van der Waals surface area contributed by atoms with Crippen molar-refractivity contribution in [3.63, 3.8) is 0 Å². The van der Waals surface area contributed by atoms with E-state index in [-0.39, 0.29) is 19.0 Å². The number of rotatable bonds is 6.